The fourth-order valence-corrected chi connectivity index (χ4v) is 6.26. The largest absolute Gasteiger partial charge is 0.487 e. The smallest absolute Gasteiger partial charge is 0.256 e. The molecule has 2 fully saturated rings. The first kappa shape index (κ1) is 34.2. The van der Waals surface area contributed by atoms with Crippen LogP contribution >= 0.6 is 11.6 Å². The minimum Gasteiger partial charge on any atom is -0.487 e. The summed E-state index contributed by atoms with van der Waals surface area (Å²) in [6.07, 6.45) is 14.4. The number of rotatable bonds is 16. The van der Waals surface area contributed by atoms with Crippen LogP contribution in [0.4, 0.5) is 11.6 Å². The van der Waals surface area contributed by atoms with Crippen LogP contribution in [0.25, 0.3) is 11.1 Å². The van der Waals surface area contributed by atoms with Crippen molar-refractivity contribution in [1.29, 1.82) is 5.41 Å². The van der Waals surface area contributed by atoms with Gasteiger partial charge in [0.15, 0.2) is 0 Å². The summed E-state index contributed by atoms with van der Waals surface area (Å²) >= 11 is 6.46. The summed E-state index contributed by atoms with van der Waals surface area (Å²) in [5.41, 5.74) is 2.38. The average Bonchev–Trinajstić information content (AvgIpc) is 3.79. The lowest BCUT2D eigenvalue weighted by Gasteiger charge is -2.38. The molecule has 3 aromatic heterocycles. The zero-order valence-electron chi connectivity index (χ0n) is 27.5. The Bertz CT molecular complexity index is 1640. The van der Waals surface area contributed by atoms with Crippen LogP contribution in [0, 0.1) is 5.41 Å². The van der Waals surface area contributed by atoms with Crippen LogP contribution in [0.15, 0.2) is 48.1 Å². The molecule has 49 heavy (non-hydrogen) atoms. The number of nitrogens with one attached hydrogen (secondary N) is 3. The molecule has 3 N–H and O–H groups in total. The molecule has 1 aromatic carbocycles. The first-order valence-electron chi connectivity index (χ1n) is 16.6. The molecular formula is C32H42ClN13O3. The molecule has 0 radical (unpaired) electrons. The van der Waals surface area contributed by atoms with Gasteiger partial charge in [-0.2, -0.15) is 0 Å². The predicted molar refractivity (Wildman–Crippen MR) is 185 cm³/mol. The van der Waals surface area contributed by atoms with E-state index < -0.39 is 0 Å². The minimum atomic E-state index is -0.214. The van der Waals surface area contributed by atoms with E-state index in [4.69, 9.17) is 36.3 Å². The van der Waals surface area contributed by atoms with Crippen molar-refractivity contribution in [3.63, 3.8) is 0 Å². The lowest BCUT2D eigenvalue weighted by Crippen LogP contribution is -2.45. The molecular weight excluding hydrogens is 650 g/mol. The molecule has 1 aliphatic carbocycles. The lowest BCUT2D eigenvalue weighted by atomic mass is 9.90. The Labute approximate surface area is 289 Å². The molecule has 1 saturated carbocycles. The molecule has 0 spiro atoms. The predicted octanol–water partition coefficient (Wildman–Crippen LogP) is 4.00. The molecule has 1 saturated heterocycles. The number of tetrazole rings is 1. The van der Waals surface area contributed by atoms with Gasteiger partial charge in [-0.3, -0.25) is 15.0 Å². The van der Waals surface area contributed by atoms with E-state index in [2.05, 4.69) is 46.0 Å². The molecule has 17 heteroatoms. The normalized spacial score (nSPS) is 19.1. The molecule has 1 atom stereocenters. The zero-order chi connectivity index (χ0) is 33.8. The second-order valence-electron chi connectivity index (χ2n) is 12.0. The maximum atomic E-state index is 6.98. The molecule has 1 aliphatic heterocycles. The monoisotopic (exact) mass is 691 g/mol. The molecule has 16 nitrogen and oxygen atoms in total. The standard InChI is InChI=1S/C32H42ClN13O3/c1-23(18-45-22-39-42-43-45)49-30-15-24(3-8-28(30)33)25-16-37-32(38-17-25)40-29-19-46(41-31(29)48-12-2-9-35-21-36-20-34)27-6-4-26(5-7-27)44-10-13-47-14-11-44/h3,8,15-17,19-23,26-27H,2,4-7,9-14,18H2,1H3,(H2,34,35,36)(H,37,38,40)/t23-,26-,27-/m0/s1. The van der Waals surface area contributed by atoms with Gasteiger partial charge in [-0.15, -0.1) is 10.2 Å². The highest BCUT2D eigenvalue weighted by molar-refractivity contribution is 6.32. The SMILES string of the molecule is C[C@@H](Cn1cnnn1)Oc1cc(-c2cnc(Nc3cn([C@H]4CC[C@H](N5CCOCC5)CC4)nc3OCCCN/C=N\C=N)nc2)ccc1Cl. The first-order chi connectivity index (χ1) is 24.1. The summed E-state index contributed by atoms with van der Waals surface area (Å²) in [6.45, 7) is 7.19. The third-order valence-electron chi connectivity index (χ3n) is 8.57. The van der Waals surface area contributed by atoms with Crippen molar-refractivity contribution in [1.82, 2.24) is 50.2 Å². The quantitative estimate of drug-likeness (QED) is 0.0875. The fourth-order valence-electron chi connectivity index (χ4n) is 6.10. The van der Waals surface area contributed by atoms with Gasteiger partial charge in [0.1, 0.15) is 30.2 Å². The van der Waals surface area contributed by atoms with Gasteiger partial charge in [-0.1, -0.05) is 17.7 Å². The van der Waals surface area contributed by atoms with Crippen molar-refractivity contribution in [2.75, 3.05) is 44.8 Å². The van der Waals surface area contributed by atoms with Crippen LogP contribution in [0.3, 0.4) is 0 Å². The summed E-state index contributed by atoms with van der Waals surface area (Å²) in [7, 11) is 0. The number of hydrogen-bond acceptors (Lipinski definition) is 12. The Balaban J connectivity index is 1.11. The molecule has 2 aliphatic rings. The van der Waals surface area contributed by atoms with Gasteiger partial charge in [0.2, 0.25) is 5.95 Å². The van der Waals surface area contributed by atoms with Crippen LogP contribution in [0.5, 0.6) is 11.6 Å². The molecule has 0 unspecified atom stereocenters. The van der Waals surface area contributed by atoms with E-state index >= 15 is 0 Å². The summed E-state index contributed by atoms with van der Waals surface area (Å²) in [5, 5.41) is 29.9. The van der Waals surface area contributed by atoms with Crippen molar-refractivity contribution >= 4 is 35.9 Å². The van der Waals surface area contributed by atoms with Crippen LogP contribution < -0.4 is 20.1 Å². The summed E-state index contributed by atoms with van der Waals surface area (Å²) < 4.78 is 21.4. The van der Waals surface area contributed by atoms with E-state index in [9.17, 15) is 0 Å². The number of halogens is 1. The van der Waals surface area contributed by atoms with Crippen LogP contribution in [-0.4, -0.2) is 109 Å². The van der Waals surface area contributed by atoms with E-state index in [1.54, 1.807) is 29.5 Å². The Morgan fingerprint density at radius 1 is 1.12 bits per heavy atom. The van der Waals surface area contributed by atoms with Crippen molar-refractivity contribution in [3.05, 3.63) is 48.1 Å². The number of hydrogen-bond donors (Lipinski definition) is 3. The van der Waals surface area contributed by atoms with Gasteiger partial charge >= 0.3 is 0 Å². The highest BCUT2D eigenvalue weighted by atomic mass is 35.5. The van der Waals surface area contributed by atoms with Crippen LogP contribution in [0.1, 0.15) is 45.1 Å². The summed E-state index contributed by atoms with van der Waals surface area (Å²) in [6, 6.07) is 6.46. The Morgan fingerprint density at radius 3 is 2.67 bits per heavy atom. The van der Waals surface area contributed by atoms with Gasteiger partial charge < -0.3 is 24.8 Å². The summed E-state index contributed by atoms with van der Waals surface area (Å²) in [5.74, 6) is 1.48. The third kappa shape index (κ3) is 9.49. The summed E-state index contributed by atoms with van der Waals surface area (Å²) in [4.78, 5) is 15.5. The Hall–Kier alpha value is -4.67. The van der Waals surface area contributed by atoms with Gasteiger partial charge in [-0.25, -0.2) is 19.6 Å². The second kappa shape index (κ2) is 17.1. The molecule has 260 valence electrons. The van der Waals surface area contributed by atoms with E-state index in [1.807, 2.05) is 29.9 Å². The van der Waals surface area contributed by atoms with Gasteiger partial charge in [-0.05, 0) is 67.2 Å². The fraction of sp³-hybridized carbons (Fsp3) is 0.500. The van der Waals surface area contributed by atoms with Crippen molar-refractivity contribution in [3.8, 4) is 22.8 Å². The lowest BCUT2D eigenvalue weighted by molar-refractivity contribution is 0.00503. The molecule has 4 heterocycles. The molecule has 6 rings (SSSR count). The maximum absolute atomic E-state index is 6.98. The van der Waals surface area contributed by atoms with Gasteiger partial charge in [0, 0.05) is 43.6 Å². The first-order valence-corrected chi connectivity index (χ1v) is 17.0. The number of morpholine rings is 1. The highest BCUT2D eigenvalue weighted by Crippen LogP contribution is 2.35. The third-order valence-corrected chi connectivity index (χ3v) is 8.88. The molecule has 0 amide bonds. The van der Waals surface area contributed by atoms with Gasteiger partial charge in [0.05, 0.1) is 50.0 Å². The van der Waals surface area contributed by atoms with Crippen LogP contribution in [-0.2, 0) is 11.3 Å². The number of benzene rings is 1. The van der Waals surface area contributed by atoms with Crippen LogP contribution in [0.2, 0.25) is 5.02 Å². The highest BCUT2D eigenvalue weighted by Gasteiger charge is 2.29. The van der Waals surface area contributed by atoms with Crippen molar-refractivity contribution in [2.24, 2.45) is 4.99 Å². The molecule has 0 bridgehead atoms. The van der Waals surface area contributed by atoms with Crippen molar-refractivity contribution in [2.45, 2.75) is 63.8 Å². The number of nitrogens with zero attached hydrogens (tertiary/aromatic N) is 10. The van der Waals surface area contributed by atoms with E-state index in [0.29, 0.717) is 54.0 Å². The number of anilines is 2. The number of aromatic nitrogens is 8. The topological polar surface area (TPSA) is 178 Å². The zero-order valence-corrected chi connectivity index (χ0v) is 28.2. The maximum Gasteiger partial charge on any atom is 0.256 e. The second-order valence-corrected chi connectivity index (χ2v) is 12.4. The molecule has 4 aromatic rings. The van der Waals surface area contributed by atoms with E-state index in [1.165, 1.54) is 6.34 Å². The van der Waals surface area contributed by atoms with E-state index in [-0.39, 0.29) is 12.1 Å². The Morgan fingerprint density at radius 2 is 1.92 bits per heavy atom. The minimum absolute atomic E-state index is 0.214. The average molecular weight is 692 g/mol. The van der Waals surface area contributed by atoms with Gasteiger partial charge in [0.25, 0.3) is 5.88 Å². The number of ether oxygens (including phenoxy) is 3. The Kier molecular flexibility index (Phi) is 12.0. The number of aliphatic imine (C=N–C) groups is 1. The van der Waals surface area contributed by atoms with E-state index in [0.717, 1.165) is 75.9 Å². The van der Waals surface area contributed by atoms with Crippen molar-refractivity contribution < 1.29 is 14.2 Å².